The van der Waals surface area contributed by atoms with Gasteiger partial charge in [-0.15, -0.1) is 0 Å². The SMILES string of the molecule is O=CN(CCCCO)OCc1ccccc1. The van der Waals surface area contributed by atoms with Gasteiger partial charge in [-0.3, -0.25) is 9.63 Å². The Kier molecular flexibility index (Phi) is 6.22. The number of carbonyl (C=O) groups excluding carboxylic acids is 1. The molecule has 0 aromatic heterocycles. The Bertz CT molecular complexity index is 290. The van der Waals surface area contributed by atoms with E-state index in [9.17, 15) is 4.79 Å². The van der Waals surface area contributed by atoms with Gasteiger partial charge in [0, 0.05) is 13.2 Å². The Morgan fingerprint density at radius 1 is 1.25 bits per heavy atom. The topological polar surface area (TPSA) is 49.8 Å². The highest BCUT2D eigenvalue weighted by atomic mass is 16.7. The van der Waals surface area contributed by atoms with Gasteiger partial charge in [-0.05, 0) is 18.4 Å². The molecule has 4 nitrogen and oxygen atoms in total. The molecule has 0 radical (unpaired) electrons. The monoisotopic (exact) mass is 223 g/mol. The fourth-order valence-corrected chi connectivity index (χ4v) is 1.26. The first-order chi connectivity index (χ1) is 7.86. The number of benzene rings is 1. The zero-order valence-electron chi connectivity index (χ0n) is 9.21. The maximum Gasteiger partial charge on any atom is 0.233 e. The second-order valence-corrected chi connectivity index (χ2v) is 3.44. The summed E-state index contributed by atoms with van der Waals surface area (Å²) in [4.78, 5) is 16.0. The fraction of sp³-hybridized carbons (Fsp3) is 0.417. The number of nitrogens with zero attached hydrogens (tertiary/aromatic N) is 1. The largest absolute Gasteiger partial charge is 0.396 e. The first kappa shape index (κ1) is 12.7. The molecule has 0 saturated heterocycles. The van der Waals surface area contributed by atoms with Crippen LogP contribution >= 0.6 is 0 Å². The number of carbonyl (C=O) groups is 1. The lowest BCUT2D eigenvalue weighted by Gasteiger charge is -2.16. The molecule has 0 unspecified atom stereocenters. The molecule has 16 heavy (non-hydrogen) atoms. The number of hydrogen-bond donors (Lipinski definition) is 1. The van der Waals surface area contributed by atoms with Gasteiger partial charge in [0.15, 0.2) is 0 Å². The van der Waals surface area contributed by atoms with Crippen molar-refractivity contribution in [3.63, 3.8) is 0 Å². The van der Waals surface area contributed by atoms with E-state index in [1.807, 2.05) is 30.3 Å². The van der Waals surface area contributed by atoms with Crippen LogP contribution in [0, 0.1) is 0 Å². The quantitative estimate of drug-likeness (QED) is 0.411. The third kappa shape index (κ3) is 4.91. The summed E-state index contributed by atoms with van der Waals surface area (Å²) >= 11 is 0. The van der Waals surface area contributed by atoms with Crippen LogP contribution in [-0.2, 0) is 16.2 Å². The minimum Gasteiger partial charge on any atom is -0.396 e. The summed E-state index contributed by atoms with van der Waals surface area (Å²) in [5, 5.41) is 9.88. The molecule has 1 aromatic carbocycles. The van der Waals surface area contributed by atoms with Crippen molar-refractivity contribution in [3.8, 4) is 0 Å². The maximum atomic E-state index is 10.7. The van der Waals surface area contributed by atoms with Crippen LogP contribution in [0.1, 0.15) is 18.4 Å². The van der Waals surface area contributed by atoms with E-state index in [0.29, 0.717) is 26.0 Å². The second kappa shape index (κ2) is 7.84. The van der Waals surface area contributed by atoms with Crippen molar-refractivity contribution in [1.82, 2.24) is 5.06 Å². The van der Waals surface area contributed by atoms with Crippen LogP contribution in [0.15, 0.2) is 30.3 Å². The minimum absolute atomic E-state index is 0.144. The molecule has 0 saturated carbocycles. The molecule has 0 aliphatic rings. The molecule has 0 atom stereocenters. The third-order valence-electron chi connectivity index (χ3n) is 2.14. The Balaban J connectivity index is 2.26. The molecule has 1 N–H and O–H groups in total. The molecule has 1 amide bonds. The van der Waals surface area contributed by atoms with Crippen molar-refractivity contribution in [2.45, 2.75) is 19.4 Å². The number of hydrogen-bond acceptors (Lipinski definition) is 3. The van der Waals surface area contributed by atoms with Crippen LogP contribution in [0.25, 0.3) is 0 Å². The van der Waals surface area contributed by atoms with Crippen molar-refractivity contribution in [3.05, 3.63) is 35.9 Å². The van der Waals surface area contributed by atoms with E-state index < -0.39 is 0 Å². The van der Waals surface area contributed by atoms with Crippen LogP contribution in [0.3, 0.4) is 0 Å². The third-order valence-corrected chi connectivity index (χ3v) is 2.14. The van der Waals surface area contributed by atoms with E-state index in [2.05, 4.69) is 0 Å². The fourth-order valence-electron chi connectivity index (χ4n) is 1.26. The van der Waals surface area contributed by atoms with Crippen molar-refractivity contribution in [1.29, 1.82) is 0 Å². The molecule has 4 heteroatoms. The van der Waals surface area contributed by atoms with E-state index in [-0.39, 0.29) is 6.61 Å². The molecule has 0 aliphatic carbocycles. The van der Waals surface area contributed by atoms with Crippen LogP contribution in [0.5, 0.6) is 0 Å². The highest BCUT2D eigenvalue weighted by Crippen LogP contribution is 2.02. The number of hydroxylamine groups is 2. The summed E-state index contributed by atoms with van der Waals surface area (Å²) in [7, 11) is 0. The first-order valence-corrected chi connectivity index (χ1v) is 5.36. The number of rotatable bonds is 8. The molecule has 0 aliphatic heterocycles. The summed E-state index contributed by atoms with van der Waals surface area (Å²) in [6.45, 7) is 1.04. The second-order valence-electron chi connectivity index (χ2n) is 3.44. The number of amides is 1. The summed E-state index contributed by atoms with van der Waals surface area (Å²) < 4.78 is 0. The smallest absolute Gasteiger partial charge is 0.233 e. The summed E-state index contributed by atoms with van der Waals surface area (Å²) in [5.41, 5.74) is 1.02. The highest BCUT2D eigenvalue weighted by molar-refractivity contribution is 5.44. The standard InChI is InChI=1S/C12H17NO3/c14-9-5-4-8-13(11-15)16-10-12-6-2-1-3-7-12/h1-3,6-7,11,14H,4-5,8-10H2. The van der Waals surface area contributed by atoms with Gasteiger partial charge in [-0.25, -0.2) is 5.06 Å². The Hall–Kier alpha value is -1.39. The Labute approximate surface area is 95.4 Å². The van der Waals surface area contributed by atoms with E-state index in [0.717, 1.165) is 12.0 Å². The molecule has 0 spiro atoms. The highest BCUT2D eigenvalue weighted by Gasteiger charge is 2.01. The van der Waals surface area contributed by atoms with Gasteiger partial charge in [0.2, 0.25) is 6.41 Å². The van der Waals surface area contributed by atoms with Crippen molar-refractivity contribution >= 4 is 6.41 Å². The van der Waals surface area contributed by atoms with Gasteiger partial charge in [-0.1, -0.05) is 30.3 Å². The van der Waals surface area contributed by atoms with Crippen molar-refractivity contribution in [2.24, 2.45) is 0 Å². The summed E-state index contributed by atoms with van der Waals surface area (Å²) in [5.74, 6) is 0. The molecule has 1 aromatic rings. The van der Waals surface area contributed by atoms with E-state index >= 15 is 0 Å². The normalized spacial score (nSPS) is 10.1. The average Bonchev–Trinajstić information content (AvgIpc) is 2.35. The number of aliphatic hydroxyl groups is 1. The van der Waals surface area contributed by atoms with Gasteiger partial charge in [-0.2, -0.15) is 0 Å². The van der Waals surface area contributed by atoms with Crippen LogP contribution in [-0.4, -0.2) is 29.7 Å². The van der Waals surface area contributed by atoms with E-state index in [4.69, 9.17) is 9.94 Å². The Morgan fingerprint density at radius 2 is 2.00 bits per heavy atom. The average molecular weight is 223 g/mol. The molecular formula is C12H17NO3. The molecule has 0 bridgehead atoms. The minimum atomic E-state index is 0.144. The Morgan fingerprint density at radius 3 is 2.62 bits per heavy atom. The van der Waals surface area contributed by atoms with Crippen LogP contribution in [0.2, 0.25) is 0 Å². The molecule has 0 fully saturated rings. The van der Waals surface area contributed by atoms with Crippen LogP contribution < -0.4 is 0 Å². The maximum absolute atomic E-state index is 10.7. The molecule has 88 valence electrons. The lowest BCUT2D eigenvalue weighted by molar-refractivity contribution is -0.177. The lowest BCUT2D eigenvalue weighted by atomic mass is 10.2. The predicted molar refractivity (Wildman–Crippen MR) is 60.3 cm³/mol. The molecular weight excluding hydrogens is 206 g/mol. The van der Waals surface area contributed by atoms with Crippen LogP contribution in [0.4, 0.5) is 0 Å². The van der Waals surface area contributed by atoms with Gasteiger partial charge >= 0.3 is 0 Å². The number of aliphatic hydroxyl groups excluding tert-OH is 1. The van der Waals surface area contributed by atoms with Gasteiger partial charge in [0.05, 0.1) is 0 Å². The van der Waals surface area contributed by atoms with Gasteiger partial charge in [0.1, 0.15) is 6.61 Å². The zero-order chi connectivity index (χ0) is 11.6. The van der Waals surface area contributed by atoms with Crippen molar-refractivity contribution < 1.29 is 14.7 Å². The molecule has 1 rings (SSSR count). The number of unbranched alkanes of at least 4 members (excludes halogenated alkanes) is 1. The van der Waals surface area contributed by atoms with Gasteiger partial charge in [0.25, 0.3) is 0 Å². The van der Waals surface area contributed by atoms with E-state index in [1.165, 1.54) is 5.06 Å². The summed E-state index contributed by atoms with van der Waals surface area (Å²) in [6, 6.07) is 9.67. The van der Waals surface area contributed by atoms with Gasteiger partial charge < -0.3 is 5.11 Å². The predicted octanol–water partition coefficient (Wildman–Crippen LogP) is 1.35. The molecule has 0 heterocycles. The summed E-state index contributed by atoms with van der Waals surface area (Å²) in [6.07, 6.45) is 2.09. The lowest BCUT2D eigenvalue weighted by Crippen LogP contribution is -2.23. The zero-order valence-corrected chi connectivity index (χ0v) is 9.21. The first-order valence-electron chi connectivity index (χ1n) is 5.36. The van der Waals surface area contributed by atoms with Crippen molar-refractivity contribution in [2.75, 3.05) is 13.2 Å². The van der Waals surface area contributed by atoms with E-state index in [1.54, 1.807) is 0 Å².